The predicted octanol–water partition coefficient (Wildman–Crippen LogP) is 7.94. The molecule has 5 rings (SSSR count). The van der Waals surface area contributed by atoms with Crippen molar-refractivity contribution in [1.82, 2.24) is 0 Å². The summed E-state index contributed by atoms with van der Waals surface area (Å²) in [5, 5.41) is 35.9. The number of hydrogen-bond donors (Lipinski definition) is 4. The first-order valence-corrected chi connectivity index (χ1v) is 18.6. The summed E-state index contributed by atoms with van der Waals surface area (Å²) < 4.78 is 12.0. The van der Waals surface area contributed by atoms with Gasteiger partial charge in [-0.3, -0.25) is 0 Å². The molecule has 0 aromatic heterocycles. The first-order chi connectivity index (χ1) is 25.0. The Morgan fingerprint density at radius 2 is 0.981 bits per heavy atom. The largest absolute Gasteiger partial charge is 0.488 e. The lowest BCUT2D eigenvalue weighted by molar-refractivity contribution is 0.0710. The number of halogens is 2. The van der Waals surface area contributed by atoms with Crippen molar-refractivity contribution in [3.05, 3.63) is 152 Å². The lowest BCUT2D eigenvalue weighted by Gasteiger charge is -2.05. The minimum absolute atomic E-state index is 0.432. The molecule has 0 amide bonds. The second-order valence-corrected chi connectivity index (χ2v) is 13.7. The highest BCUT2D eigenvalue weighted by atomic mass is 79.9. The fourth-order valence-corrected chi connectivity index (χ4v) is 5.82. The molecule has 6 nitrogen and oxygen atoms in total. The fraction of sp³-hybridized carbons (Fsp3) is 0.190. The van der Waals surface area contributed by atoms with Crippen LogP contribution in [0.2, 0.25) is 0 Å². The molecule has 0 fully saturated rings. The first-order valence-electron chi connectivity index (χ1n) is 17.0. The molecule has 4 N–H and O–H groups in total. The van der Waals surface area contributed by atoms with E-state index in [1.807, 2.05) is 0 Å². The Bertz CT molecular complexity index is 1720. The predicted molar refractivity (Wildman–Crippen MR) is 227 cm³/mol. The van der Waals surface area contributed by atoms with Crippen molar-refractivity contribution < 1.29 is 29.6 Å². The van der Waals surface area contributed by atoms with Crippen LogP contribution in [0.1, 0.15) is 46.7 Å². The highest BCUT2D eigenvalue weighted by Gasteiger charge is 2.12. The zero-order chi connectivity index (χ0) is 37.9. The maximum atomic E-state index is 8.98. The van der Waals surface area contributed by atoms with Gasteiger partial charge >= 0.3 is 14.2 Å². The molecular weight excluding hydrogens is 782 g/mol. The monoisotopic (exact) mass is 826 g/mol. The molecule has 0 bridgehead atoms. The fourth-order valence-electron chi connectivity index (χ4n) is 4.84. The molecule has 0 saturated carbocycles. The summed E-state index contributed by atoms with van der Waals surface area (Å²) in [5.41, 5.74) is 9.93. The van der Waals surface area contributed by atoms with Gasteiger partial charge in [-0.15, -0.1) is 0 Å². The molecule has 52 heavy (non-hydrogen) atoms. The zero-order valence-electron chi connectivity index (χ0n) is 30.0. The molecule has 5 aromatic rings. The second kappa shape index (κ2) is 23.2. The van der Waals surface area contributed by atoms with E-state index in [0.29, 0.717) is 17.5 Å². The van der Waals surface area contributed by atoms with Crippen LogP contribution in [0, 0.1) is 13.8 Å². The van der Waals surface area contributed by atoms with Crippen LogP contribution in [0.25, 0.3) is 35.4 Å². The Kier molecular flexibility index (Phi) is 19.1. The molecule has 0 heterocycles. The average Bonchev–Trinajstić information content (AvgIpc) is 3.14. The maximum Gasteiger partial charge on any atom is 0.488 e. The Morgan fingerprint density at radius 1 is 0.558 bits per heavy atom. The highest BCUT2D eigenvalue weighted by Crippen LogP contribution is 2.29. The van der Waals surface area contributed by atoms with Gasteiger partial charge in [0.1, 0.15) is 0 Å². The Labute approximate surface area is 326 Å². The molecule has 10 heteroatoms. The minimum atomic E-state index is -1.47. The van der Waals surface area contributed by atoms with Crippen molar-refractivity contribution in [2.75, 3.05) is 26.9 Å². The molecule has 0 radical (unpaired) electrons. The zero-order valence-corrected chi connectivity index (χ0v) is 33.2. The third-order valence-electron chi connectivity index (χ3n) is 7.64. The van der Waals surface area contributed by atoms with E-state index >= 15 is 0 Å². The highest BCUT2D eigenvalue weighted by molar-refractivity contribution is 9.11. The molecule has 0 spiro atoms. The third-order valence-corrected chi connectivity index (χ3v) is 9.02. The van der Waals surface area contributed by atoms with Crippen molar-refractivity contribution in [1.29, 1.82) is 0 Å². The number of hydrogen-bond acceptors (Lipinski definition) is 6. The van der Waals surface area contributed by atoms with E-state index in [1.54, 1.807) is 55.6 Å². The summed E-state index contributed by atoms with van der Waals surface area (Å²) in [6.07, 6.45) is 9.64. The molecule has 0 aliphatic rings. The van der Waals surface area contributed by atoms with Crippen molar-refractivity contribution in [3.63, 3.8) is 0 Å². The van der Waals surface area contributed by atoms with E-state index in [9.17, 15) is 0 Å². The van der Waals surface area contributed by atoms with Gasteiger partial charge in [0, 0.05) is 22.7 Å². The Morgan fingerprint density at radius 3 is 1.33 bits per heavy atom. The van der Waals surface area contributed by atoms with Gasteiger partial charge < -0.3 is 29.6 Å². The summed E-state index contributed by atoms with van der Waals surface area (Å²) in [6.45, 7) is 8.60. The van der Waals surface area contributed by atoms with Crippen LogP contribution in [0.5, 0.6) is 0 Å². The van der Waals surface area contributed by atoms with Crippen LogP contribution in [0.3, 0.4) is 0 Å². The molecule has 0 unspecified atom stereocenters. The maximum absolute atomic E-state index is 8.98. The van der Waals surface area contributed by atoms with Gasteiger partial charge in [-0.25, -0.2) is 0 Å². The minimum Gasteiger partial charge on any atom is -0.423 e. The van der Waals surface area contributed by atoms with Crippen LogP contribution in [-0.4, -0.2) is 61.3 Å². The van der Waals surface area contributed by atoms with E-state index in [-0.39, 0.29) is 0 Å². The molecule has 270 valence electrons. The van der Waals surface area contributed by atoms with Gasteiger partial charge in [-0.1, -0.05) is 171 Å². The standard InChI is InChI=1S/C24H20Br2.C12H12B2O4.C6H14O2/c1-17-5-3-7-19(13-17)9-11-21-15-24(26)22(16-23(21)25)12-10-20-8-4-6-18(2)14-20;15-13(16)11-5-1-9(2-6-11)10-3-7-12(8-4-10)14(17)18;1-3-4-8-6-5-7-2/h3-16H,1-2H3;1-8,15-18H;3-6H2,1-2H3. The summed E-state index contributed by atoms with van der Waals surface area (Å²) in [7, 11) is -1.26. The van der Waals surface area contributed by atoms with E-state index < -0.39 is 14.2 Å². The average molecular weight is 828 g/mol. The van der Waals surface area contributed by atoms with Crippen LogP contribution in [0.15, 0.2) is 118 Å². The summed E-state index contributed by atoms with van der Waals surface area (Å²) in [6, 6.07) is 34.9. The molecule has 0 saturated heterocycles. The van der Waals surface area contributed by atoms with E-state index in [2.05, 4.69) is 138 Å². The lowest BCUT2D eigenvalue weighted by atomic mass is 9.78. The van der Waals surface area contributed by atoms with Crippen LogP contribution in [-0.2, 0) is 9.47 Å². The molecule has 5 aromatic carbocycles. The van der Waals surface area contributed by atoms with Crippen molar-refractivity contribution in [2.45, 2.75) is 27.2 Å². The number of methoxy groups -OCH3 is 1. The van der Waals surface area contributed by atoms with Crippen molar-refractivity contribution in [3.8, 4) is 11.1 Å². The van der Waals surface area contributed by atoms with Gasteiger partial charge in [0.05, 0.1) is 13.2 Å². The van der Waals surface area contributed by atoms with E-state index in [1.165, 1.54) is 22.3 Å². The Balaban J connectivity index is 0.000000242. The Hall–Kier alpha value is -3.57. The summed E-state index contributed by atoms with van der Waals surface area (Å²) in [5.74, 6) is 0. The molecule has 0 aliphatic heterocycles. The van der Waals surface area contributed by atoms with Gasteiger partial charge in [0.2, 0.25) is 0 Å². The van der Waals surface area contributed by atoms with Gasteiger partial charge in [-0.05, 0) is 76.7 Å². The van der Waals surface area contributed by atoms with Crippen molar-refractivity contribution in [2.24, 2.45) is 0 Å². The van der Waals surface area contributed by atoms with Crippen LogP contribution in [0.4, 0.5) is 0 Å². The number of benzene rings is 5. The van der Waals surface area contributed by atoms with Gasteiger partial charge in [0.15, 0.2) is 0 Å². The SMILES string of the molecule is CCCOCCOC.Cc1cccc(C=Cc2cc(Br)c(C=Cc3cccc(C)c3)cc2Br)c1.OB(O)c1ccc(-c2ccc(B(O)O)cc2)cc1. The molecule has 0 atom stereocenters. The van der Waals surface area contributed by atoms with Crippen molar-refractivity contribution >= 4 is 81.3 Å². The molecule has 0 aliphatic carbocycles. The van der Waals surface area contributed by atoms with Crippen LogP contribution >= 0.6 is 31.9 Å². The summed E-state index contributed by atoms with van der Waals surface area (Å²) in [4.78, 5) is 0. The topological polar surface area (TPSA) is 99.4 Å². The molecular formula is C42H46B2Br2O6. The second-order valence-electron chi connectivity index (χ2n) is 12.0. The summed E-state index contributed by atoms with van der Waals surface area (Å²) >= 11 is 7.40. The lowest BCUT2D eigenvalue weighted by Crippen LogP contribution is -2.29. The first kappa shape index (κ1) is 42.8. The van der Waals surface area contributed by atoms with Crippen LogP contribution < -0.4 is 10.9 Å². The van der Waals surface area contributed by atoms with E-state index in [0.717, 1.165) is 50.8 Å². The van der Waals surface area contributed by atoms with Gasteiger partial charge in [0.25, 0.3) is 0 Å². The van der Waals surface area contributed by atoms with Gasteiger partial charge in [-0.2, -0.15) is 0 Å². The van der Waals surface area contributed by atoms with E-state index in [4.69, 9.17) is 29.6 Å². The smallest absolute Gasteiger partial charge is 0.423 e. The number of ether oxygens (including phenoxy) is 2. The number of rotatable bonds is 12. The normalized spacial score (nSPS) is 10.8. The quantitative estimate of drug-likeness (QED) is 0.0580. The number of aryl methyl sites for hydroxylation is 2. The third kappa shape index (κ3) is 15.2.